The van der Waals surface area contributed by atoms with E-state index in [4.69, 9.17) is 14.2 Å². The van der Waals surface area contributed by atoms with Gasteiger partial charge >= 0.3 is 0 Å². The molecule has 0 aliphatic rings. The van der Waals surface area contributed by atoms with Crippen molar-refractivity contribution in [3.05, 3.63) is 0 Å². The molecule has 0 fully saturated rings. The highest BCUT2D eigenvalue weighted by Gasteiger charge is 2.36. The zero-order valence-corrected chi connectivity index (χ0v) is 14.2. The first-order chi connectivity index (χ1) is 8.69. The lowest BCUT2D eigenvalue weighted by molar-refractivity contribution is -0.120. The van der Waals surface area contributed by atoms with Crippen molar-refractivity contribution >= 4 is 0 Å². The summed E-state index contributed by atoms with van der Waals surface area (Å²) in [4.78, 5) is 0. The molecule has 0 aromatic heterocycles. The minimum Gasteiger partial charge on any atom is -0.378 e. The van der Waals surface area contributed by atoms with Crippen molar-refractivity contribution in [3.63, 3.8) is 0 Å². The van der Waals surface area contributed by atoms with E-state index in [-0.39, 0.29) is 23.7 Å². The van der Waals surface area contributed by atoms with E-state index in [1.54, 1.807) is 0 Å². The van der Waals surface area contributed by atoms with Crippen LogP contribution in [0, 0.1) is 11.3 Å². The summed E-state index contributed by atoms with van der Waals surface area (Å²) < 4.78 is 17.6. The Bertz CT molecular complexity index is 191. The quantitative estimate of drug-likeness (QED) is 0.604. The Morgan fingerprint density at radius 1 is 0.579 bits per heavy atom. The van der Waals surface area contributed by atoms with Crippen LogP contribution in [-0.4, -0.2) is 38.1 Å². The maximum Gasteiger partial charge on any atom is 0.0572 e. The predicted octanol–water partition coefficient (Wildman–Crippen LogP) is 3.90. The summed E-state index contributed by atoms with van der Waals surface area (Å²) in [7, 11) is 0. The normalized spacial score (nSPS) is 13.3. The van der Waals surface area contributed by atoms with E-state index in [2.05, 4.69) is 55.4 Å². The van der Waals surface area contributed by atoms with Crippen molar-refractivity contribution in [2.24, 2.45) is 11.3 Å². The van der Waals surface area contributed by atoms with Crippen LogP contribution in [0.2, 0.25) is 0 Å². The molecule has 0 saturated carbocycles. The molecule has 0 atom stereocenters. The van der Waals surface area contributed by atoms with E-state index in [9.17, 15) is 0 Å². The minimum absolute atomic E-state index is 0.0706. The minimum atomic E-state index is -0.0706. The third-order valence-corrected chi connectivity index (χ3v) is 3.34. The van der Waals surface area contributed by atoms with Gasteiger partial charge < -0.3 is 14.2 Å². The van der Waals surface area contributed by atoms with Gasteiger partial charge in [-0.1, -0.05) is 13.8 Å². The highest BCUT2D eigenvalue weighted by molar-refractivity contribution is 4.83. The van der Waals surface area contributed by atoms with Crippen LogP contribution in [0.1, 0.15) is 55.4 Å². The number of hydrogen-bond donors (Lipinski definition) is 0. The number of hydrogen-bond acceptors (Lipinski definition) is 3. The predicted molar refractivity (Wildman–Crippen MR) is 80.5 cm³/mol. The summed E-state index contributed by atoms with van der Waals surface area (Å²) in [5.74, 6) is 0.448. The van der Waals surface area contributed by atoms with E-state index < -0.39 is 0 Å². The highest BCUT2D eigenvalue weighted by Crippen LogP contribution is 2.30. The molecule has 0 aromatic rings. The second-order valence-corrected chi connectivity index (χ2v) is 6.60. The lowest BCUT2D eigenvalue weighted by Crippen LogP contribution is -2.43. The maximum atomic E-state index is 5.87. The van der Waals surface area contributed by atoms with E-state index >= 15 is 0 Å². The highest BCUT2D eigenvalue weighted by atomic mass is 16.5. The molecular formula is C16H34O3. The standard InChI is InChI=1S/C16H34O3/c1-12(2)16(9-17-13(3)4,10-18-14(5)6)11-19-15(7)8/h12-15H,9-11H2,1-8H3. The Morgan fingerprint density at radius 2 is 0.842 bits per heavy atom. The molecule has 19 heavy (non-hydrogen) atoms. The van der Waals surface area contributed by atoms with Gasteiger partial charge in [-0.25, -0.2) is 0 Å². The second-order valence-electron chi connectivity index (χ2n) is 6.60. The zero-order valence-electron chi connectivity index (χ0n) is 14.2. The fraction of sp³-hybridized carbons (Fsp3) is 1.00. The van der Waals surface area contributed by atoms with Gasteiger partial charge in [0, 0.05) is 5.41 Å². The Hall–Kier alpha value is -0.120. The van der Waals surface area contributed by atoms with Crippen molar-refractivity contribution in [1.29, 1.82) is 0 Å². The Morgan fingerprint density at radius 3 is 1.00 bits per heavy atom. The van der Waals surface area contributed by atoms with Crippen LogP contribution in [-0.2, 0) is 14.2 Å². The molecule has 116 valence electrons. The largest absolute Gasteiger partial charge is 0.378 e. The zero-order chi connectivity index (χ0) is 15.1. The molecule has 0 radical (unpaired) electrons. The fourth-order valence-electron chi connectivity index (χ4n) is 1.62. The van der Waals surface area contributed by atoms with Crippen molar-refractivity contribution in [1.82, 2.24) is 0 Å². The summed E-state index contributed by atoms with van der Waals surface area (Å²) in [6.07, 6.45) is 0.698. The smallest absolute Gasteiger partial charge is 0.0572 e. The van der Waals surface area contributed by atoms with Gasteiger partial charge in [-0.15, -0.1) is 0 Å². The average molecular weight is 274 g/mol. The van der Waals surface area contributed by atoms with Crippen LogP contribution >= 0.6 is 0 Å². The van der Waals surface area contributed by atoms with E-state index in [0.717, 1.165) is 0 Å². The van der Waals surface area contributed by atoms with E-state index in [0.29, 0.717) is 25.7 Å². The molecule has 3 heteroatoms. The first kappa shape index (κ1) is 18.9. The van der Waals surface area contributed by atoms with Gasteiger partial charge in [0.25, 0.3) is 0 Å². The molecule has 0 amide bonds. The fourth-order valence-corrected chi connectivity index (χ4v) is 1.62. The van der Waals surface area contributed by atoms with E-state index in [1.807, 2.05) is 0 Å². The molecule has 0 rings (SSSR count). The molecule has 0 bridgehead atoms. The third kappa shape index (κ3) is 7.91. The second kappa shape index (κ2) is 8.93. The number of rotatable bonds is 10. The molecule has 0 heterocycles. The van der Waals surface area contributed by atoms with Crippen LogP contribution in [0.15, 0.2) is 0 Å². The van der Waals surface area contributed by atoms with Gasteiger partial charge in [0.1, 0.15) is 0 Å². The molecule has 0 N–H and O–H groups in total. The molecule has 0 aliphatic heterocycles. The van der Waals surface area contributed by atoms with E-state index in [1.165, 1.54) is 0 Å². The van der Waals surface area contributed by atoms with Gasteiger partial charge in [0.05, 0.1) is 38.1 Å². The maximum absolute atomic E-state index is 5.87. The van der Waals surface area contributed by atoms with Gasteiger partial charge in [0.15, 0.2) is 0 Å². The van der Waals surface area contributed by atoms with Crippen molar-refractivity contribution in [2.75, 3.05) is 19.8 Å². The van der Waals surface area contributed by atoms with Gasteiger partial charge in [-0.05, 0) is 47.5 Å². The van der Waals surface area contributed by atoms with Gasteiger partial charge in [-0.3, -0.25) is 0 Å². The summed E-state index contributed by atoms with van der Waals surface area (Å²) in [6, 6.07) is 0. The van der Waals surface area contributed by atoms with Crippen molar-refractivity contribution in [2.45, 2.75) is 73.7 Å². The van der Waals surface area contributed by atoms with Gasteiger partial charge in [-0.2, -0.15) is 0 Å². The Labute approximate surface area is 120 Å². The van der Waals surface area contributed by atoms with Crippen LogP contribution < -0.4 is 0 Å². The van der Waals surface area contributed by atoms with Crippen molar-refractivity contribution in [3.8, 4) is 0 Å². The van der Waals surface area contributed by atoms with Crippen molar-refractivity contribution < 1.29 is 14.2 Å². The Kier molecular flexibility index (Phi) is 8.88. The van der Waals surface area contributed by atoms with Crippen LogP contribution in [0.5, 0.6) is 0 Å². The lowest BCUT2D eigenvalue weighted by Gasteiger charge is -2.38. The van der Waals surface area contributed by atoms with Gasteiger partial charge in [0.2, 0.25) is 0 Å². The molecule has 0 saturated heterocycles. The Balaban J connectivity index is 4.77. The summed E-state index contributed by atoms with van der Waals surface area (Å²) in [6.45, 7) is 18.9. The molecular weight excluding hydrogens is 240 g/mol. The topological polar surface area (TPSA) is 27.7 Å². The first-order valence-electron chi connectivity index (χ1n) is 7.54. The van der Waals surface area contributed by atoms with Crippen LogP contribution in [0.4, 0.5) is 0 Å². The average Bonchev–Trinajstić information content (AvgIpc) is 2.27. The van der Waals surface area contributed by atoms with Crippen LogP contribution in [0.3, 0.4) is 0 Å². The molecule has 3 nitrogen and oxygen atoms in total. The summed E-state index contributed by atoms with van der Waals surface area (Å²) in [5, 5.41) is 0. The molecule has 0 unspecified atom stereocenters. The molecule has 0 spiro atoms. The monoisotopic (exact) mass is 274 g/mol. The first-order valence-corrected chi connectivity index (χ1v) is 7.54. The molecule has 0 aromatic carbocycles. The molecule has 0 aliphatic carbocycles. The summed E-state index contributed by atoms with van der Waals surface area (Å²) in [5.41, 5.74) is -0.0706. The third-order valence-electron chi connectivity index (χ3n) is 3.34. The number of ether oxygens (including phenoxy) is 3. The SMILES string of the molecule is CC(C)OCC(COC(C)C)(COC(C)C)C(C)C. The van der Waals surface area contributed by atoms with Crippen LogP contribution in [0.25, 0.3) is 0 Å². The lowest BCUT2D eigenvalue weighted by atomic mass is 9.79. The summed E-state index contributed by atoms with van der Waals surface area (Å²) >= 11 is 0.